The molecule has 0 fully saturated rings. The minimum absolute atomic E-state index is 0.161. The Morgan fingerprint density at radius 1 is 1.00 bits per heavy atom. The molecule has 0 aliphatic heterocycles. The summed E-state index contributed by atoms with van der Waals surface area (Å²) in [6.07, 6.45) is 1.97. The molecule has 8 heteroatoms. The van der Waals surface area contributed by atoms with Gasteiger partial charge in [-0.05, 0) is 73.7 Å². The molecule has 0 saturated carbocycles. The van der Waals surface area contributed by atoms with Gasteiger partial charge in [-0.2, -0.15) is 9.41 Å². The van der Waals surface area contributed by atoms with Crippen LogP contribution in [0.5, 0.6) is 5.75 Å². The van der Waals surface area contributed by atoms with Gasteiger partial charge >= 0.3 is 0 Å². The van der Waals surface area contributed by atoms with Gasteiger partial charge in [0.25, 0.3) is 5.91 Å². The number of methoxy groups -OCH3 is 1. The van der Waals surface area contributed by atoms with Crippen LogP contribution in [0.25, 0.3) is 0 Å². The molecule has 3 aromatic carbocycles. The lowest BCUT2D eigenvalue weighted by Crippen LogP contribution is -2.41. The Kier molecular flexibility index (Phi) is 8.78. The number of amides is 1. The van der Waals surface area contributed by atoms with Gasteiger partial charge in [0.2, 0.25) is 10.0 Å². The normalized spacial score (nSPS) is 11.7. The number of hydrazone groups is 1. The van der Waals surface area contributed by atoms with Gasteiger partial charge < -0.3 is 4.74 Å². The molecular formula is C27H31N3O4S. The van der Waals surface area contributed by atoms with Gasteiger partial charge in [-0.1, -0.05) is 48.0 Å². The molecule has 0 aromatic heterocycles. The van der Waals surface area contributed by atoms with E-state index in [9.17, 15) is 13.2 Å². The standard InChI is InChI=1S/C27H31N3O4S/c1-20-16-21(2)27(22(3)17-20)35(32,33)30(15-14-23-8-6-5-7-9-23)19-26(31)29-28-18-24-10-12-25(34-4)13-11-24/h5-13,16-18H,14-15,19H2,1-4H3,(H,29,31). The first-order valence-electron chi connectivity index (χ1n) is 11.3. The second-order valence-corrected chi connectivity index (χ2v) is 10.2. The lowest BCUT2D eigenvalue weighted by Gasteiger charge is -2.24. The third-order valence-electron chi connectivity index (χ3n) is 5.53. The van der Waals surface area contributed by atoms with Gasteiger partial charge in [-0.15, -0.1) is 0 Å². The largest absolute Gasteiger partial charge is 0.497 e. The first-order valence-corrected chi connectivity index (χ1v) is 12.7. The number of benzene rings is 3. The summed E-state index contributed by atoms with van der Waals surface area (Å²) < 4.78 is 33.7. The maximum Gasteiger partial charge on any atom is 0.255 e. The molecule has 0 heterocycles. The molecule has 0 bridgehead atoms. The monoisotopic (exact) mass is 493 g/mol. The van der Waals surface area contributed by atoms with Crippen LogP contribution in [0.2, 0.25) is 0 Å². The molecule has 0 unspecified atom stereocenters. The molecule has 184 valence electrons. The van der Waals surface area contributed by atoms with E-state index in [1.165, 1.54) is 10.5 Å². The van der Waals surface area contributed by atoms with E-state index in [2.05, 4.69) is 10.5 Å². The predicted molar refractivity (Wildman–Crippen MR) is 138 cm³/mol. The van der Waals surface area contributed by atoms with E-state index in [0.717, 1.165) is 16.7 Å². The van der Waals surface area contributed by atoms with Crippen molar-refractivity contribution in [1.29, 1.82) is 0 Å². The van der Waals surface area contributed by atoms with Gasteiger partial charge in [-0.3, -0.25) is 4.79 Å². The number of nitrogens with one attached hydrogen (secondary N) is 1. The summed E-state index contributed by atoms with van der Waals surface area (Å²) in [6, 6.07) is 20.4. The Balaban J connectivity index is 1.79. The quantitative estimate of drug-likeness (QED) is 0.342. The average molecular weight is 494 g/mol. The molecular weight excluding hydrogens is 462 g/mol. The van der Waals surface area contributed by atoms with Crippen molar-refractivity contribution in [3.63, 3.8) is 0 Å². The van der Waals surface area contributed by atoms with E-state index in [1.807, 2.05) is 49.4 Å². The first-order chi connectivity index (χ1) is 16.7. The number of sulfonamides is 1. The number of rotatable bonds is 10. The van der Waals surface area contributed by atoms with Crippen molar-refractivity contribution >= 4 is 22.1 Å². The molecule has 35 heavy (non-hydrogen) atoms. The summed E-state index contributed by atoms with van der Waals surface area (Å²) in [7, 11) is -2.34. The van der Waals surface area contributed by atoms with Crippen molar-refractivity contribution in [1.82, 2.24) is 9.73 Å². The molecule has 0 radical (unpaired) electrons. The highest BCUT2D eigenvalue weighted by molar-refractivity contribution is 7.89. The van der Waals surface area contributed by atoms with E-state index in [-0.39, 0.29) is 18.0 Å². The van der Waals surface area contributed by atoms with Gasteiger partial charge in [0.05, 0.1) is 24.8 Å². The number of carbonyl (C=O) groups excluding carboxylic acids is 1. The molecule has 1 N–H and O–H groups in total. The molecule has 0 spiro atoms. The average Bonchev–Trinajstić information content (AvgIpc) is 2.82. The SMILES string of the molecule is COc1ccc(C=NNC(=O)CN(CCc2ccccc2)S(=O)(=O)c2c(C)cc(C)cc2C)cc1. The van der Waals surface area contributed by atoms with Gasteiger partial charge in [0.1, 0.15) is 5.75 Å². The van der Waals surface area contributed by atoms with Gasteiger partial charge in [0.15, 0.2) is 0 Å². The molecule has 0 aliphatic rings. The van der Waals surface area contributed by atoms with Crippen LogP contribution >= 0.6 is 0 Å². The second-order valence-electron chi connectivity index (χ2n) is 8.37. The Bertz CT molecular complexity index is 1260. The zero-order chi connectivity index (χ0) is 25.4. The number of aryl methyl sites for hydroxylation is 3. The van der Waals surface area contributed by atoms with Gasteiger partial charge in [0, 0.05) is 6.54 Å². The molecule has 1 amide bonds. The number of hydrogen-bond acceptors (Lipinski definition) is 5. The Morgan fingerprint density at radius 2 is 1.63 bits per heavy atom. The zero-order valence-corrected chi connectivity index (χ0v) is 21.3. The van der Waals surface area contributed by atoms with Crippen molar-refractivity contribution in [2.45, 2.75) is 32.1 Å². The van der Waals surface area contributed by atoms with Crippen LogP contribution in [0.15, 0.2) is 76.7 Å². The second kappa shape index (κ2) is 11.8. The van der Waals surface area contributed by atoms with Crippen molar-refractivity contribution in [3.8, 4) is 5.75 Å². The van der Waals surface area contributed by atoms with Crippen molar-refractivity contribution < 1.29 is 17.9 Å². The third kappa shape index (κ3) is 7.00. The van der Waals surface area contributed by atoms with E-state index < -0.39 is 15.9 Å². The lowest BCUT2D eigenvalue weighted by atomic mass is 10.1. The lowest BCUT2D eigenvalue weighted by molar-refractivity contribution is -0.121. The number of nitrogens with zero attached hydrogens (tertiary/aromatic N) is 2. The Labute approximate surface area is 207 Å². The van der Waals surface area contributed by atoms with E-state index in [4.69, 9.17) is 4.74 Å². The van der Waals surface area contributed by atoms with Crippen LogP contribution in [0.3, 0.4) is 0 Å². The number of ether oxygens (including phenoxy) is 1. The van der Waals surface area contributed by atoms with Crippen LogP contribution < -0.4 is 10.2 Å². The summed E-state index contributed by atoms with van der Waals surface area (Å²) in [5.41, 5.74) is 6.50. The van der Waals surface area contributed by atoms with Crippen LogP contribution in [-0.2, 0) is 21.2 Å². The maximum absolute atomic E-state index is 13.7. The summed E-state index contributed by atoms with van der Waals surface area (Å²) >= 11 is 0. The molecule has 0 atom stereocenters. The summed E-state index contributed by atoms with van der Waals surface area (Å²) in [5, 5.41) is 3.98. The van der Waals surface area contributed by atoms with Crippen LogP contribution in [-0.4, -0.2) is 45.0 Å². The van der Waals surface area contributed by atoms with Crippen molar-refractivity contribution in [2.75, 3.05) is 20.2 Å². The van der Waals surface area contributed by atoms with E-state index in [0.29, 0.717) is 23.3 Å². The topological polar surface area (TPSA) is 88.1 Å². The predicted octanol–water partition coefficient (Wildman–Crippen LogP) is 4.00. The minimum Gasteiger partial charge on any atom is -0.497 e. The smallest absolute Gasteiger partial charge is 0.255 e. The summed E-state index contributed by atoms with van der Waals surface area (Å²) in [6.45, 7) is 5.30. The highest BCUT2D eigenvalue weighted by Crippen LogP contribution is 2.25. The highest BCUT2D eigenvalue weighted by Gasteiger charge is 2.29. The first kappa shape index (κ1) is 26.1. The highest BCUT2D eigenvalue weighted by atomic mass is 32.2. The third-order valence-corrected chi connectivity index (χ3v) is 7.69. The fourth-order valence-electron chi connectivity index (χ4n) is 3.95. The Hall–Kier alpha value is -3.49. The fourth-order valence-corrected chi connectivity index (χ4v) is 5.76. The molecule has 0 saturated heterocycles. The molecule has 3 rings (SSSR count). The van der Waals surface area contributed by atoms with E-state index in [1.54, 1.807) is 45.2 Å². The van der Waals surface area contributed by atoms with Crippen molar-refractivity contribution in [2.24, 2.45) is 5.10 Å². The fraction of sp³-hybridized carbons (Fsp3) is 0.259. The molecule has 0 aliphatic carbocycles. The van der Waals surface area contributed by atoms with Crippen LogP contribution in [0, 0.1) is 20.8 Å². The number of carbonyl (C=O) groups is 1. The molecule has 3 aromatic rings. The summed E-state index contributed by atoms with van der Waals surface area (Å²) in [5.74, 6) is 0.195. The van der Waals surface area contributed by atoms with Gasteiger partial charge in [-0.25, -0.2) is 13.8 Å². The number of hydrogen-bond donors (Lipinski definition) is 1. The maximum atomic E-state index is 13.7. The van der Waals surface area contributed by atoms with Crippen LogP contribution in [0.4, 0.5) is 0 Å². The minimum atomic E-state index is -3.92. The Morgan fingerprint density at radius 3 is 2.23 bits per heavy atom. The zero-order valence-electron chi connectivity index (χ0n) is 20.5. The van der Waals surface area contributed by atoms with Crippen LogP contribution in [0.1, 0.15) is 27.8 Å². The summed E-state index contributed by atoms with van der Waals surface area (Å²) in [4.78, 5) is 12.9. The van der Waals surface area contributed by atoms with Crippen molar-refractivity contribution in [3.05, 3.63) is 94.5 Å². The molecule has 7 nitrogen and oxygen atoms in total. The van der Waals surface area contributed by atoms with E-state index >= 15 is 0 Å².